The summed E-state index contributed by atoms with van der Waals surface area (Å²) in [6, 6.07) is 31.2. The van der Waals surface area contributed by atoms with Crippen molar-refractivity contribution in [2.45, 2.75) is 19.5 Å². The van der Waals surface area contributed by atoms with Crippen LogP contribution < -0.4 is 10.1 Å². The fourth-order valence-electron chi connectivity index (χ4n) is 5.07. The Balaban J connectivity index is 1.53. The van der Waals surface area contributed by atoms with E-state index in [-0.39, 0.29) is 12.1 Å². The molecule has 0 saturated carbocycles. The van der Waals surface area contributed by atoms with Gasteiger partial charge in [-0.05, 0) is 48.9 Å². The van der Waals surface area contributed by atoms with Gasteiger partial charge in [0.1, 0.15) is 11.6 Å². The van der Waals surface area contributed by atoms with Crippen LogP contribution in [-0.4, -0.2) is 32.4 Å². The van der Waals surface area contributed by atoms with E-state index in [9.17, 15) is 4.79 Å². The van der Waals surface area contributed by atoms with Gasteiger partial charge in [-0.2, -0.15) is 5.10 Å². The molecule has 1 unspecified atom stereocenters. The molecule has 3 aromatic carbocycles. The Bertz CT molecular complexity index is 1560. The van der Waals surface area contributed by atoms with Crippen molar-refractivity contribution in [1.82, 2.24) is 19.2 Å². The lowest BCUT2D eigenvalue weighted by Gasteiger charge is -2.31. The number of nitrogens with zero attached hydrogens (tertiary/aromatic N) is 4. The molecular weight excluding hydrogens is 462 g/mol. The van der Waals surface area contributed by atoms with Crippen molar-refractivity contribution in [1.29, 1.82) is 0 Å². The zero-order valence-electron chi connectivity index (χ0n) is 20.7. The van der Waals surface area contributed by atoms with Crippen LogP contribution in [-0.2, 0) is 6.54 Å². The van der Waals surface area contributed by atoms with E-state index in [1.54, 1.807) is 7.11 Å². The van der Waals surface area contributed by atoms with Crippen LogP contribution in [0.15, 0.2) is 103 Å². The lowest BCUT2D eigenvalue weighted by Crippen LogP contribution is -2.38. The number of amides is 2. The summed E-state index contributed by atoms with van der Waals surface area (Å²) in [6.07, 6.45) is 2.05. The van der Waals surface area contributed by atoms with Crippen molar-refractivity contribution in [2.24, 2.45) is 0 Å². The Morgan fingerprint density at radius 1 is 0.919 bits per heavy atom. The molecule has 0 spiro atoms. The van der Waals surface area contributed by atoms with E-state index in [2.05, 4.69) is 28.1 Å². The van der Waals surface area contributed by atoms with Crippen LogP contribution in [0.3, 0.4) is 0 Å². The predicted molar refractivity (Wildman–Crippen MR) is 143 cm³/mol. The number of aromatic nitrogens is 3. The van der Waals surface area contributed by atoms with E-state index in [1.807, 2.05) is 102 Å². The number of hydrogen-bond donors (Lipinski definition) is 1. The number of para-hydroxylation sites is 3. The first-order chi connectivity index (χ1) is 18.2. The zero-order valence-corrected chi connectivity index (χ0v) is 20.7. The van der Waals surface area contributed by atoms with Gasteiger partial charge < -0.3 is 19.5 Å². The van der Waals surface area contributed by atoms with Gasteiger partial charge in [0.25, 0.3) is 0 Å². The Kier molecular flexibility index (Phi) is 5.73. The van der Waals surface area contributed by atoms with Crippen molar-refractivity contribution in [2.75, 3.05) is 12.4 Å². The van der Waals surface area contributed by atoms with Gasteiger partial charge in [0.2, 0.25) is 0 Å². The van der Waals surface area contributed by atoms with Crippen LogP contribution in [0.5, 0.6) is 5.75 Å². The summed E-state index contributed by atoms with van der Waals surface area (Å²) < 4.78 is 9.62. The number of nitrogens with one attached hydrogen (secondary N) is 1. The average Bonchev–Trinajstić information content (AvgIpc) is 3.50. The summed E-state index contributed by atoms with van der Waals surface area (Å²) in [6.45, 7) is 2.39. The molecule has 1 atom stereocenters. The summed E-state index contributed by atoms with van der Waals surface area (Å²) in [5.41, 5.74) is 5.47. The van der Waals surface area contributed by atoms with Gasteiger partial charge in [-0.3, -0.25) is 0 Å². The molecule has 0 fully saturated rings. The molecule has 184 valence electrons. The third-order valence-electron chi connectivity index (χ3n) is 6.81. The Morgan fingerprint density at radius 3 is 2.38 bits per heavy atom. The molecule has 7 heteroatoms. The molecule has 0 saturated heterocycles. The van der Waals surface area contributed by atoms with Crippen molar-refractivity contribution < 1.29 is 9.53 Å². The van der Waals surface area contributed by atoms with Gasteiger partial charge >= 0.3 is 6.03 Å². The molecule has 0 bridgehead atoms. The molecule has 6 rings (SSSR count). The highest BCUT2D eigenvalue weighted by Gasteiger charge is 2.36. The first-order valence-corrected chi connectivity index (χ1v) is 12.2. The van der Waals surface area contributed by atoms with Gasteiger partial charge in [-0.15, -0.1) is 0 Å². The number of ether oxygens (including phenoxy) is 1. The van der Waals surface area contributed by atoms with E-state index in [0.717, 1.165) is 34.0 Å². The highest BCUT2D eigenvalue weighted by Crippen LogP contribution is 2.39. The summed E-state index contributed by atoms with van der Waals surface area (Å²) >= 11 is 0. The number of benzene rings is 3. The molecule has 0 radical (unpaired) electrons. The summed E-state index contributed by atoms with van der Waals surface area (Å²) in [5.74, 6) is 1.55. The standard InChI is InChI=1S/C30H27N5O2/c1-21-24-20-34(30(36)31-25-16-9-10-18-27(25)37-2)28(22-12-5-3-6-13-22)26-17-11-19-33(26)29(24)35(32-21)23-14-7-4-8-15-23/h3-19,28H,20H2,1-2H3,(H,31,36). The molecule has 1 aliphatic heterocycles. The van der Waals surface area contributed by atoms with Gasteiger partial charge in [0, 0.05) is 11.8 Å². The zero-order chi connectivity index (χ0) is 25.4. The van der Waals surface area contributed by atoms with Crippen molar-refractivity contribution in [3.8, 4) is 17.3 Å². The fraction of sp³-hybridized carbons (Fsp3) is 0.133. The second-order valence-corrected chi connectivity index (χ2v) is 9.01. The highest BCUT2D eigenvalue weighted by atomic mass is 16.5. The van der Waals surface area contributed by atoms with Crippen LogP contribution in [0.2, 0.25) is 0 Å². The van der Waals surface area contributed by atoms with Crippen LogP contribution in [0.1, 0.15) is 28.6 Å². The number of anilines is 1. The monoisotopic (exact) mass is 489 g/mol. The SMILES string of the molecule is COc1ccccc1NC(=O)N1Cc2c(C)nn(-c3ccccc3)c2-n2cccc2C1c1ccccc1. The molecule has 2 aromatic heterocycles. The molecule has 0 aliphatic carbocycles. The van der Waals surface area contributed by atoms with Crippen molar-refractivity contribution >= 4 is 11.7 Å². The topological polar surface area (TPSA) is 64.3 Å². The molecule has 2 amide bonds. The minimum atomic E-state index is -0.318. The minimum Gasteiger partial charge on any atom is -0.495 e. The quantitative estimate of drug-likeness (QED) is 0.331. The molecular formula is C30H27N5O2. The Labute approximate surface area is 215 Å². The maximum atomic E-state index is 14.0. The molecule has 5 aromatic rings. The summed E-state index contributed by atoms with van der Waals surface area (Å²) in [7, 11) is 1.60. The maximum absolute atomic E-state index is 14.0. The van der Waals surface area contributed by atoms with Gasteiger partial charge in [-0.1, -0.05) is 60.7 Å². The molecule has 1 N–H and O–H groups in total. The third kappa shape index (κ3) is 3.94. The first-order valence-electron chi connectivity index (χ1n) is 12.2. The lowest BCUT2D eigenvalue weighted by molar-refractivity contribution is 0.194. The van der Waals surface area contributed by atoms with Crippen LogP contribution >= 0.6 is 0 Å². The number of fused-ring (bicyclic) bond motifs is 3. The number of urea groups is 1. The van der Waals surface area contributed by atoms with E-state index < -0.39 is 0 Å². The van der Waals surface area contributed by atoms with Gasteiger partial charge in [-0.25, -0.2) is 9.48 Å². The third-order valence-corrected chi connectivity index (χ3v) is 6.81. The smallest absolute Gasteiger partial charge is 0.323 e. The van der Waals surface area contributed by atoms with Crippen LogP contribution in [0.25, 0.3) is 11.5 Å². The van der Waals surface area contributed by atoms with Crippen molar-refractivity contribution in [3.05, 3.63) is 126 Å². The molecule has 7 nitrogen and oxygen atoms in total. The number of methoxy groups -OCH3 is 1. The van der Waals surface area contributed by atoms with Crippen molar-refractivity contribution in [3.63, 3.8) is 0 Å². The van der Waals surface area contributed by atoms with E-state index in [1.165, 1.54) is 0 Å². The predicted octanol–water partition coefficient (Wildman–Crippen LogP) is 6.12. The second kappa shape index (κ2) is 9.35. The fourth-order valence-corrected chi connectivity index (χ4v) is 5.07. The van der Waals surface area contributed by atoms with E-state index in [4.69, 9.17) is 9.84 Å². The van der Waals surface area contributed by atoms with E-state index in [0.29, 0.717) is 18.0 Å². The lowest BCUT2D eigenvalue weighted by atomic mass is 10.0. The molecule has 1 aliphatic rings. The van der Waals surface area contributed by atoms with Crippen LogP contribution in [0.4, 0.5) is 10.5 Å². The van der Waals surface area contributed by atoms with Gasteiger partial charge in [0.15, 0.2) is 0 Å². The van der Waals surface area contributed by atoms with E-state index >= 15 is 0 Å². The number of rotatable bonds is 4. The number of hydrogen-bond acceptors (Lipinski definition) is 3. The Morgan fingerprint density at radius 2 is 1.62 bits per heavy atom. The molecule has 37 heavy (non-hydrogen) atoms. The maximum Gasteiger partial charge on any atom is 0.323 e. The average molecular weight is 490 g/mol. The normalized spacial score (nSPS) is 14.4. The number of carbonyl (C=O) groups is 1. The number of carbonyl (C=O) groups excluding carboxylic acids is 1. The second-order valence-electron chi connectivity index (χ2n) is 9.01. The molecule has 3 heterocycles. The summed E-state index contributed by atoms with van der Waals surface area (Å²) in [5, 5.41) is 8.00. The number of aryl methyl sites for hydroxylation is 1. The minimum absolute atomic E-state index is 0.217. The van der Waals surface area contributed by atoms with Gasteiger partial charge in [0.05, 0.1) is 42.5 Å². The van der Waals surface area contributed by atoms with Crippen LogP contribution in [0, 0.1) is 6.92 Å². The largest absolute Gasteiger partial charge is 0.495 e. The Hall–Kier alpha value is -4.78. The highest BCUT2D eigenvalue weighted by molar-refractivity contribution is 5.91. The first kappa shape index (κ1) is 22.7. The summed E-state index contributed by atoms with van der Waals surface area (Å²) in [4.78, 5) is 15.9.